The summed E-state index contributed by atoms with van der Waals surface area (Å²) in [5.41, 5.74) is 1.22. The molecule has 1 amide bonds. The molecule has 2 N–H and O–H groups in total. The lowest BCUT2D eigenvalue weighted by Gasteiger charge is -2.12. The first-order valence-electron chi connectivity index (χ1n) is 9.67. The largest absolute Gasteiger partial charge is 0.497 e. The molecule has 0 saturated carbocycles. The summed E-state index contributed by atoms with van der Waals surface area (Å²) >= 11 is 3.92. The number of amides is 1. The number of halogens is 1. The number of hydrogen-bond acceptors (Lipinski definition) is 5. The van der Waals surface area contributed by atoms with E-state index in [2.05, 4.69) is 44.8 Å². The van der Waals surface area contributed by atoms with Gasteiger partial charge in [0.05, 0.1) is 24.8 Å². The predicted molar refractivity (Wildman–Crippen MR) is 139 cm³/mol. The smallest absolute Gasteiger partial charge is 0.225 e. The zero-order valence-corrected chi connectivity index (χ0v) is 21.4. The molecule has 0 aliphatic heterocycles. The summed E-state index contributed by atoms with van der Waals surface area (Å²) in [6, 6.07) is 20.3. The van der Waals surface area contributed by atoms with Crippen LogP contribution in [0.3, 0.4) is 0 Å². The fraction of sp³-hybridized carbons (Fsp3) is 0.174. The zero-order valence-electron chi connectivity index (χ0n) is 17.6. The van der Waals surface area contributed by atoms with Crippen LogP contribution in [0.1, 0.15) is 6.42 Å². The second-order valence-corrected chi connectivity index (χ2v) is 10.2. The van der Waals surface area contributed by atoms with Crippen molar-refractivity contribution in [1.82, 2.24) is 0 Å². The molecule has 1 unspecified atom stereocenters. The van der Waals surface area contributed by atoms with E-state index in [-0.39, 0.29) is 5.91 Å². The van der Waals surface area contributed by atoms with Crippen LogP contribution in [0.25, 0.3) is 0 Å². The van der Waals surface area contributed by atoms with E-state index >= 15 is 0 Å². The zero-order chi connectivity index (χ0) is 22.9. The minimum absolute atomic E-state index is 0.0591. The van der Waals surface area contributed by atoms with Crippen molar-refractivity contribution in [3.05, 3.63) is 70.3 Å². The molecule has 9 heteroatoms. The van der Waals surface area contributed by atoms with Gasteiger partial charge in [-0.05, 0) is 83.3 Å². The Morgan fingerprint density at radius 2 is 1.72 bits per heavy atom. The molecular weight excluding hydrogens is 559 g/mol. The molecule has 6 nitrogen and oxygen atoms in total. The summed E-state index contributed by atoms with van der Waals surface area (Å²) in [7, 11) is 1.61. The lowest BCUT2D eigenvalue weighted by Crippen LogP contribution is -2.12. The lowest BCUT2D eigenvalue weighted by molar-refractivity contribution is -0.115. The van der Waals surface area contributed by atoms with Crippen LogP contribution in [0.2, 0.25) is 0 Å². The molecule has 3 aromatic rings. The maximum Gasteiger partial charge on any atom is 0.225 e. The first-order chi connectivity index (χ1) is 15.5. The van der Waals surface area contributed by atoms with E-state index in [1.54, 1.807) is 68.4 Å². The fourth-order valence-electron chi connectivity index (χ4n) is 2.73. The third-order valence-electron chi connectivity index (χ3n) is 4.37. The number of hydrogen-bond donors (Lipinski definition) is 2. The van der Waals surface area contributed by atoms with Crippen molar-refractivity contribution in [3.8, 4) is 11.5 Å². The molecule has 0 aliphatic rings. The van der Waals surface area contributed by atoms with Gasteiger partial charge in [0.25, 0.3) is 0 Å². The van der Waals surface area contributed by atoms with Crippen molar-refractivity contribution >= 4 is 62.6 Å². The monoisotopic (exact) mass is 582 g/mol. The van der Waals surface area contributed by atoms with Crippen molar-refractivity contribution in [2.75, 3.05) is 30.0 Å². The highest BCUT2D eigenvalue weighted by molar-refractivity contribution is 14.1. The molecule has 32 heavy (non-hydrogen) atoms. The summed E-state index contributed by atoms with van der Waals surface area (Å²) < 4.78 is 27.4. The Kier molecular flexibility index (Phi) is 9.24. The van der Waals surface area contributed by atoms with Crippen LogP contribution < -0.4 is 19.5 Å². The van der Waals surface area contributed by atoms with Crippen LogP contribution in [-0.4, -0.2) is 30.1 Å². The third-order valence-corrected chi connectivity index (χ3v) is 7.21. The van der Waals surface area contributed by atoms with Crippen LogP contribution in [0.4, 0.5) is 11.4 Å². The number of carbonyl (C=O) groups is 1. The van der Waals surface area contributed by atoms with E-state index in [9.17, 15) is 9.00 Å². The van der Waals surface area contributed by atoms with E-state index in [0.29, 0.717) is 39.9 Å². The number of benzene rings is 3. The molecule has 0 aromatic heterocycles. The highest BCUT2D eigenvalue weighted by atomic mass is 127. The van der Waals surface area contributed by atoms with Gasteiger partial charge in [0.2, 0.25) is 5.91 Å². The molecular formula is C23H23IN2O4S2. The predicted octanol–water partition coefficient (Wildman–Crippen LogP) is 5.56. The van der Waals surface area contributed by atoms with Gasteiger partial charge in [-0.1, -0.05) is 0 Å². The molecule has 0 spiro atoms. The average molecular weight is 582 g/mol. The quantitative estimate of drug-likeness (QED) is 0.242. The van der Waals surface area contributed by atoms with Crippen molar-refractivity contribution < 1.29 is 18.5 Å². The number of rotatable bonds is 10. The molecule has 3 rings (SSSR count). The number of carbonyl (C=O) groups excluding carboxylic acids is 1. The Bertz CT molecular complexity index is 1080. The van der Waals surface area contributed by atoms with Crippen LogP contribution in [0, 0.1) is 3.57 Å². The normalized spacial score (nSPS) is 11.5. The molecule has 0 bridgehead atoms. The van der Waals surface area contributed by atoms with E-state index < -0.39 is 11.0 Å². The summed E-state index contributed by atoms with van der Waals surface area (Å²) in [6.07, 6.45) is 0.404. The van der Waals surface area contributed by atoms with Crippen molar-refractivity contribution in [3.63, 3.8) is 0 Å². The highest BCUT2D eigenvalue weighted by Crippen LogP contribution is 2.30. The van der Waals surface area contributed by atoms with Gasteiger partial charge in [-0.25, -0.2) is 4.21 Å². The Hall–Kier alpha value is -2.24. The van der Waals surface area contributed by atoms with Crippen LogP contribution >= 0.6 is 34.4 Å². The second kappa shape index (κ2) is 12.1. The molecule has 168 valence electrons. The number of ether oxygens (including phenoxy) is 2. The van der Waals surface area contributed by atoms with Crippen molar-refractivity contribution in [2.45, 2.75) is 16.2 Å². The van der Waals surface area contributed by atoms with Gasteiger partial charge in [0, 0.05) is 32.4 Å². The number of anilines is 2. The highest BCUT2D eigenvalue weighted by Gasteiger charge is 2.11. The second-order valence-electron chi connectivity index (χ2n) is 6.56. The summed E-state index contributed by atoms with van der Waals surface area (Å²) in [6.45, 7) is 0. The van der Waals surface area contributed by atoms with E-state index in [1.165, 1.54) is 3.57 Å². The van der Waals surface area contributed by atoms with Gasteiger partial charge in [0.15, 0.2) is 0 Å². The minimum atomic E-state index is -1.51. The molecule has 0 radical (unpaired) electrons. The number of methoxy groups -OCH3 is 2. The average Bonchev–Trinajstić information content (AvgIpc) is 2.80. The summed E-state index contributed by atoms with van der Waals surface area (Å²) in [4.78, 5) is 13.9. The van der Waals surface area contributed by atoms with Gasteiger partial charge in [-0.15, -0.1) is 11.8 Å². The maximum absolute atomic E-state index is 12.7. The third kappa shape index (κ3) is 7.14. The minimum Gasteiger partial charge on any atom is -0.497 e. The first-order valence-corrected chi connectivity index (χ1v) is 12.9. The Morgan fingerprint density at radius 1 is 1.00 bits per heavy atom. The molecule has 3 aromatic carbocycles. The van der Waals surface area contributed by atoms with Crippen LogP contribution in [0.15, 0.2) is 76.5 Å². The standard InChI is InChI=1S/C23H23IN2O4S2/c1-29-18-7-12-22(30-2)21(15-18)26-32(28)20-10-5-17(6-11-20)25-23(27)13-14-31-19-8-3-16(24)4-9-19/h3-12,15,26H,13-14H2,1-2H3,(H,25,27). The van der Waals surface area contributed by atoms with Crippen LogP contribution in [0.5, 0.6) is 11.5 Å². The number of nitrogens with one attached hydrogen (secondary N) is 2. The maximum atomic E-state index is 12.7. The van der Waals surface area contributed by atoms with Gasteiger partial charge < -0.3 is 14.8 Å². The van der Waals surface area contributed by atoms with Gasteiger partial charge in [-0.3, -0.25) is 9.52 Å². The van der Waals surface area contributed by atoms with Crippen molar-refractivity contribution in [2.24, 2.45) is 0 Å². The Morgan fingerprint density at radius 3 is 2.38 bits per heavy atom. The molecule has 1 atom stereocenters. The summed E-state index contributed by atoms with van der Waals surface area (Å²) in [5, 5.41) is 2.88. The fourth-order valence-corrected chi connectivity index (χ4v) is 4.80. The van der Waals surface area contributed by atoms with E-state index in [1.807, 2.05) is 12.1 Å². The van der Waals surface area contributed by atoms with Gasteiger partial charge in [-0.2, -0.15) is 0 Å². The molecule has 0 saturated heterocycles. The SMILES string of the molecule is COc1ccc(OC)c(NS(=O)c2ccc(NC(=O)CCSc3ccc(I)cc3)cc2)c1. The summed E-state index contributed by atoms with van der Waals surface area (Å²) in [5.74, 6) is 1.83. The number of thioether (sulfide) groups is 1. The first kappa shape index (κ1) is 24.4. The van der Waals surface area contributed by atoms with E-state index in [4.69, 9.17) is 9.47 Å². The lowest BCUT2D eigenvalue weighted by atomic mass is 10.3. The van der Waals surface area contributed by atoms with Crippen molar-refractivity contribution in [1.29, 1.82) is 0 Å². The topological polar surface area (TPSA) is 76.7 Å². The van der Waals surface area contributed by atoms with Crippen LogP contribution in [-0.2, 0) is 15.8 Å². The molecule has 0 heterocycles. The Labute approximate surface area is 208 Å². The van der Waals surface area contributed by atoms with Gasteiger partial charge in [0.1, 0.15) is 22.5 Å². The molecule has 0 fully saturated rings. The van der Waals surface area contributed by atoms with Gasteiger partial charge >= 0.3 is 0 Å². The molecule has 0 aliphatic carbocycles. The Balaban J connectivity index is 1.52. The van der Waals surface area contributed by atoms with E-state index in [0.717, 1.165) is 4.90 Å².